The van der Waals surface area contributed by atoms with Crippen LogP contribution in [0.25, 0.3) is 10.9 Å². The van der Waals surface area contributed by atoms with Crippen molar-refractivity contribution in [3.8, 4) is 17.6 Å². The van der Waals surface area contributed by atoms with Gasteiger partial charge in [-0.15, -0.1) is 0 Å². The van der Waals surface area contributed by atoms with Crippen molar-refractivity contribution in [2.75, 3.05) is 37.5 Å². The summed E-state index contributed by atoms with van der Waals surface area (Å²) in [5, 5.41) is 13.5. The van der Waals surface area contributed by atoms with Gasteiger partial charge in [-0.25, -0.2) is 9.37 Å². The summed E-state index contributed by atoms with van der Waals surface area (Å²) in [4.78, 5) is 18.0. The van der Waals surface area contributed by atoms with E-state index in [1.54, 1.807) is 10.6 Å². The number of anilines is 1. The Bertz CT molecular complexity index is 1680. The Kier molecular flexibility index (Phi) is 7.41. The van der Waals surface area contributed by atoms with Gasteiger partial charge >= 0.3 is 10.2 Å². The van der Waals surface area contributed by atoms with Gasteiger partial charge in [-0.2, -0.15) is 18.0 Å². The molecule has 0 unspecified atom stereocenters. The lowest BCUT2D eigenvalue weighted by Gasteiger charge is -2.32. The van der Waals surface area contributed by atoms with E-state index in [4.69, 9.17) is 9.47 Å². The fourth-order valence-electron chi connectivity index (χ4n) is 5.95. The van der Waals surface area contributed by atoms with Gasteiger partial charge in [0.15, 0.2) is 11.6 Å². The summed E-state index contributed by atoms with van der Waals surface area (Å²) in [5.74, 6) is -1.17. The molecule has 0 aliphatic carbocycles. The number of nitrogens with one attached hydrogen (secondary N) is 2. The molecule has 2 aromatic carbocycles. The van der Waals surface area contributed by atoms with E-state index < -0.39 is 21.8 Å². The second-order valence-corrected chi connectivity index (χ2v) is 12.5. The maximum atomic E-state index is 15.0. The third kappa shape index (κ3) is 5.40. The van der Waals surface area contributed by atoms with Crippen LogP contribution in [0.1, 0.15) is 50.1 Å². The van der Waals surface area contributed by atoms with E-state index in [1.165, 1.54) is 28.8 Å². The normalized spacial score (nSPS) is 21.1. The third-order valence-corrected chi connectivity index (χ3v) is 9.71. The monoisotopic (exact) mass is 582 g/mol. The molecule has 0 saturated carbocycles. The molecule has 2 N–H and O–H groups in total. The number of aromatic nitrogens is 2. The van der Waals surface area contributed by atoms with Crippen molar-refractivity contribution >= 4 is 26.8 Å². The molecule has 216 valence electrons. The van der Waals surface area contributed by atoms with Crippen LogP contribution in [0.15, 0.2) is 41.5 Å². The van der Waals surface area contributed by atoms with Crippen molar-refractivity contribution in [3.05, 3.63) is 58.4 Å². The summed E-state index contributed by atoms with van der Waals surface area (Å²) in [6, 6.07) is 8.51. The highest BCUT2D eigenvalue weighted by molar-refractivity contribution is 7.90. The molecular weight excluding hydrogens is 551 g/mol. The van der Waals surface area contributed by atoms with Crippen molar-refractivity contribution in [2.24, 2.45) is 0 Å². The Morgan fingerprint density at radius 3 is 2.71 bits per heavy atom. The molecule has 0 amide bonds. The summed E-state index contributed by atoms with van der Waals surface area (Å²) in [6.07, 6.45) is 6.46. The van der Waals surface area contributed by atoms with Crippen molar-refractivity contribution in [2.45, 2.75) is 50.2 Å². The van der Waals surface area contributed by atoms with Crippen LogP contribution in [0, 0.1) is 17.1 Å². The Hall–Kier alpha value is -3.57. The second-order valence-electron chi connectivity index (χ2n) is 10.8. The summed E-state index contributed by atoms with van der Waals surface area (Å²) >= 11 is 0. The first-order valence-corrected chi connectivity index (χ1v) is 15.3. The minimum atomic E-state index is -3.94. The molecule has 1 aromatic heterocycles. The molecule has 4 heterocycles. The number of rotatable bonds is 6. The van der Waals surface area contributed by atoms with E-state index in [2.05, 4.69) is 15.0 Å². The Morgan fingerprint density at radius 2 is 1.95 bits per heavy atom. The van der Waals surface area contributed by atoms with Gasteiger partial charge in [-0.3, -0.25) is 14.1 Å². The molecule has 0 bridgehead atoms. The summed E-state index contributed by atoms with van der Waals surface area (Å²) in [7, 11) is -3.94. The number of nitrogens with zero attached hydrogens (tertiary/aromatic N) is 4. The number of hydrogen-bond acceptors (Lipinski definition) is 8. The van der Waals surface area contributed by atoms with Gasteiger partial charge in [0.05, 0.1) is 41.2 Å². The molecule has 0 radical (unpaired) electrons. The lowest BCUT2D eigenvalue weighted by molar-refractivity contribution is -0.0196. The van der Waals surface area contributed by atoms with Crippen LogP contribution < -0.4 is 20.3 Å². The zero-order valence-corrected chi connectivity index (χ0v) is 23.3. The Balaban J connectivity index is 1.29. The van der Waals surface area contributed by atoms with Crippen LogP contribution in [0.5, 0.6) is 11.5 Å². The highest BCUT2D eigenvalue weighted by Gasteiger charge is 2.42. The fraction of sp³-hybridized carbons (Fsp3) is 0.464. The molecule has 11 nitrogen and oxygen atoms in total. The summed E-state index contributed by atoms with van der Waals surface area (Å²) in [6.45, 7) is 2.91. The lowest BCUT2D eigenvalue weighted by atomic mass is 9.88. The minimum Gasteiger partial charge on any atom is -0.453 e. The maximum absolute atomic E-state index is 15.0. The Morgan fingerprint density at radius 1 is 1.17 bits per heavy atom. The van der Waals surface area contributed by atoms with Gasteiger partial charge in [0.25, 0.3) is 5.56 Å². The van der Waals surface area contributed by atoms with Gasteiger partial charge in [-0.1, -0.05) is 6.42 Å². The molecular formula is C28H31FN6O5S. The number of ether oxygens (including phenoxy) is 2. The predicted molar refractivity (Wildman–Crippen MR) is 150 cm³/mol. The second kappa shape index (κ2) is 11.0. The highest BCUT2D eigenvalue weighted by Crippen LogP contribution is 2.39. The first-order valence-electron chi connectivity index (χ1n) is 13.8. The van der Waals surface area contributed by atoms with Gasteiger partial charge in [0.1, 0.15) is 17.4 Å². The lowest BCUT2D eigenvalue weighted by Crippen LogP contribution is -2.41. The van der Waals surface area contributed by atoms with Gasteiger partial charge in [-0.05, 0) is 75.5 Å². The zero-order chi connectivity index (χ0) is 28.6. The highest BCUT2D eigenvalue weighted by atomic mass is 32.2. The fourth-order valence-corrected chi connectivity index (χ4v) is 7.26. The first kappa shape index (κ1) is 27.6. The smallest absolute Gasteiger partial charge is 0.301 e. The third-order valence-electron chi connectivity index (χ3n) is 8.19. The van der Waals surface area contributed by atoms with Crippen molar-refractivity contribution < 1.29 is 22.3 Å². The molecule has 1 spiro atoms. The molecule has 1 atom stereocenters. The van der Waals surface area contributed by atoms with Gasteiger partial charge in [0.2, 0.25) is 0 Å². The standard InChI is InChI=1S/C28H31FN6O5S/c29-23-5-7-25(33-41(37,38)34-12-2-1-3-13-34)22(16-30)26(23)40-20-4-6-24-21(14-20)27(36)35(18-32-24)19-15-28(39-17-19)8-10-31-11-9-28/h4-7,14,18-19,31,33H,1-3,8-13,15,17H2/t19-/m1/s1. The van der Waals surface area contributed by atoms with E-state index >= 15 is 0 Å². The number of hydrogen-bond donors (Lipinski definition) is 2. The molecule has 3 aromatic rings. The van der Waals surface area contributed by atoms with E-state index in [9.17, 15) is 22.9 Å². The molecule has 41 heavy (non-hydrogen) atoms. The van der Waals surface area contributed by atoms with E-state index in [1.807, 2.05) is 6.07 Å². The van der Waals surface area contributed by atoms with Crippen molar-refractivity contribution in [1.29, 1.82) is 5.26 Å². The van der Waals surface area contributed by atoms with Gasteiger partial charge in [0, 0.05) is 13.1 Å². The average molecular weight is 583 g/mol. The molecule has 3 aliphatic rings. The minimum absolute atomic E-state index is 0.0904. The molecule has 13 heteroatoms. The molecule has 6 rings (SSSR count). The van der Waals surface area contributed by atoms with Crippen molar-refractivity contribution in [3.63, 3.8) is 0 Å². The van der Waals surface area contributed by atoms with Crippen LogP contribution in [0.3, 0.4) is 0 Å². The Labute approximate surface area is 237 Å². The number of fused-ring (bicyclic) bond motifs is 1. The first-order chi connectivity index (χ1) is 19.8. The number of benzene rings is 2. The number of nitriles is 1. The SMILES string of the molecule is N#Cc1c(NS(=O)(=O)N2CCCCC2)ccc(F)c1Oc1ccc2ncn([C@H]3COC4(CCNCC4)C3)c(=O)c2c1. The zero-order valence-electron chi connectivity index (χ0n) is 22.4. The van der Waals surface area contributed by atoms with E-state index in [-0.39, 0.29) is 39.6 Å². The summed E-state index contributed by atoms with van der Waals surface area (Å²) < 4.78 is 58.1. The number of piperidine rings is 2. The maximum Gasteiger partial charge on any atom is 0.301 e. The van der Waals surface area contributed by atoms with Crippen LogP contribution in [0.2, 0.25) is 0 Å². The van der Waals surface area contributed by atoms with Crippen molar-refractivity contribution in [1.82, 2.24) is 19.2 Å². The quantitative estimate of drug-likeness (QED) is 0.451. The van der Waals surface area contributed by atoms with Crippen LogP contribution in [-0.4, -0.2) is 60.7 Å². The van der Waals surface area contributed by atoms with Gasteiger partial charge < -0.3 is 14.8 Å². The van der Waals surface area contributed by atoms with Crippen LogP contribution in [-0.2, 0) is 14.9 Å². The number of halogens is 1. The average Bonchev–Trinajstić information content (AvgIpc) is 3.38. The van der Waals surface area contributed by atoms with E-state index in [0.717, 1.165) is 57.7 Å². The summed E-state index contributed by atoms with van der Waals surface area (Å²) in [5.41, 5.74) is -0.458. The topological polar surface area (TPSA) is 139 Å². The van der Waals surface area contributed by atoms with Crippen LogP contribution >= 0.6 is 0 Å². The molecule has 3 saturated heterocycles. The van der Waals surface area contributed by atoms with Crippen LogP contribution in [0.4, 0.5) is 10.1 Å². The molecule has 3 aliphatic heterocycles. The largest absolute Gasteiger partial charge is 0.453 e. The van der Waals surface area contributed by atoms with E-state index in [0.29, 0.717) is 25.2 Å². The molecule has 3 fully saturated rings. The predicted octanol–water partition coefficient (Wildman–Crippen LogP) is 3.43.